The van der Waals surface area contributed by atoms with E-state index in [1.54, 1.807) is 4.90 Å². The lowest BCUT2D eigenvalue weighted by Crippen LogP contribution is -2.40. The average molecular weight is 355 g/mol. The number of unbranched alkanes of at least 4 members (excludes halogenated alkanes) is 2. The molecule has 1 amide bonds. The Hall–Kier alpha value is -2.14. The van der Waals surface area contributed by atoms with Gasteiger partial charge in [0.25, 0.3) is 0 Å². The Kier molecular flexibility index (Phi) is 4.35. The smallest absolute Gasteiger partial charge is 0.312 e. The van der Waals surface area contributed by atoms with Gasteiger partial charge in [-0.2, -0.15) is 0 Å². The zero-order chi connectivity index (χ0) is 18.3. The number of para-hydroxylation sites is 1. The van der Waals surface area contributed by atoms with Gasteiger partial charge in [0.15, 0.2) is 0 Å². The van der Waals surface area contributed by atoms with Gasteiger partial charge in [0, 0.05) is 5.69 Å². The molecule has 0 radical (unpaired) electrons. The van der Waals surface area contributed by atoms with Crippen molar-refractivity contribution in [3.63, 3.8) is 0 Å². The minimum absolute atomic E-state index is 0.0401. The summed E-state index contributed by atoms with van der Waals surface area (Å²) in [6.45, 7) is 4.96. The zero-order valence-corrected chi connectivity index (χ0v) is 15.3. The predicted octanol–water partition coefficient (Wildman–Crippen LogP) is 3.01. The number of carbonyl (C=O) groups excluding carboxylic acids is 2. The van der Waals surface area contributed by atoms with Crippen LogP contribution in [0.3, 0.4) is 0 Å². The molecule has 4 rings (SSSR count). The fourth-order valence-corrected chi connectivity index (χ4v) is 4.46. The molecule has 0 N–H and O–H groups in total. The van der Waals surface area contributed by atoms with Gasteiger partial charge in [0.2, 0.25) is 5.91 Å². The van der Waals surface area contributed by atoms with Gasteiger partial charge in [-0.05, 0) is 25.0 Å². The summed E-state index contributed by atoms with van der Waals surface area (Å²) in [5.74, 6) is -1.37. The molecule has 0 aromatic heterocycles. The molecule has 1 aromatic carbocycles. The number of anilines is 1. The molecule has 0 unspecified atom stereocenters. The number of fused-ring (bicyclic) bond motifs is 1. The molecule has 2 fully saturated rings. The van der Waals surface area contributed by atoms with Gasteiger partial charge in [-0.3, -0.25) is 9.59 Å². The van der Waals surface area contributed by atoms with Crippen LogP contribution in [0.5, 0.6) is 0 Å². The quantitative estimate of drug-likeness (QED) is 0.447. The van der Waals surface area contributed by atoms with E-state index < -0.39 is 17.4 Å². The van der Waals surface area contributed by atoms with Crippen LogP contribution < -0.4 is 4.90 Å². The zero-order valence-electron chi connectivity index (χ0n) is 15.3. The first kappa shape index (κ1) is 17.3. The molecular weight excluding hydrogens is 330 g/mol. The van der Waals surface area contributed by atoms with Crippen molar-refractivity contribution in [3.8, 4) is 0 Å². The Labute approximate surface area is 154 Å². The normalized spacial score (nSPS) is 31.5. The van der Waals surface area contributed by atoms with Crippen molar-refractivity contribution in [2.24, 2.45) is 11.8 Å². The summed E-state index contributed by atoms with van der Waals surface area (Å²) in [6.07, 6.45) is 6.51. The van der Waals surface area contributed by atoms with Crippen molar-refractivity contribution in [1.29, 1.82) is 0 Å². The number of amides is 1. The molecule has 3 aliphatic rings. The van der Waals surface area contributed by atoms with Crippen molar-refractivity contribution >= 4 is 17.6 Å². The summed E-state index contributed by atoms with van der Waals surface area (Å²) in [7, 11) is 0. The molecular formula is C21H25NO4. The van der Waals surface area contributed by atoms with Gasteiger partial charge >= 0.3 is 5.97 Å². The minimum Gasteiger partial charge on any atom is -0.465 e. The second kappa shape index (κ2) is 6.54. The summed E-state index contributed by atoms with van der Waals surface area (Å²) in [6, 6.07) is 7.81. The van der Waals surface area contributed by atoms with Crippen LogP contribution in [-0.2, 0) is 19.1 Å². The lowest BCUT2D eigenvalue weighted by atomic mass is 9.77. The number of hydrogen-bond acceptors (Lipinski definition) is 4. The van der Waals surface area contributed by atoms with E-state index in [4.69, 9.17) is 9.47 Å². The number of esters is 1. The van der Waals surface area contributed by atoms with Crippen LogP contribution in [0.1, 0.15) is 31.7 Å². The molecule has 0 saturated carbocycles. The third kappa shape index (κ3) is 2.57. The highest BCUT2D eigenvalue weighted by molar-refractivity contribution is 6.03. The van der Waals surface area contributed by atoms with Gasteiger partial charge in [-0.15, -0.1) is 0 Å². The molecule has 3 heterocycles. The molecule has 1 aromatic rings. The molecule has 2 bridgehead atoms. The van der Waals surface area contributed by atoms with Gasteiger partial charge in [-0.25, -0.2) is 0 Å². The molecule has 5 nitrogen and oxygen atoms in total. The maximum atomic E-state index is 13.2. The Morgan fingerprint density at radius 1 is 1.35 bits per heavy atom. The van der Waals surface area contributed by atoms with Crippen LogP contribution in [0.15, 0.2) is 36.4 Å². The van der Waals surface area contributed by atoms with E-state index in [-0.39, 0.29) is 18.0 Å². The van der Waals surface area contributed by atoms with Gasteiger partial charge in [0.1, 0.15) is 11.5 Å². The Bertz CT molecular complexity index is 758. The number of hydrogen-bond donors (Lipinski definition) is 0. The number of nitrogens with zero attached hydrogens (tertiary/aromatic N) is 1. The number of benzene rings is 1. The average Bonchev–Trinajstić information content (AvgIpc) is 3.27. The highest BCUT2D eigenvalue weighted by Crippen LogP contribution is 2.53. The molecule has 4 atom stereocenters. The molecule has 1 spiro atoms. The van der Waals surface area contributed by atoms with Crippen molar-refractivity contribution in [1.82, 2.24) is 0 Å². The molecule has 2 saturated heterocycles. The first-order valence-corrected chi connectivity index (χ1v) is 9.48. The number of aryl methyl sites for hydroxylation is 1. The van der Waals surface area contributed by atoms with Gasteiger partial charge in [-0.1, -0.05) is 50.1 Å². The second-order valence-electron chi connectivity index (χ2n) is 7.49. The molecule has 26 heavy (non-hydrogen) atoms. The van der Waals surface area contributed by atoms with E-state index in [1.807, 2.05) is 43.3 Å². The van der Waals surface area contributed by atoms with E-state index in [2.05, 4.69) is 6.92 Å². The van der Waals surface area contributed by atoms with E-state index in [1.165, 1.54) is 0 Å². The van der Waals surface area contributed by atoms with Crippen LogP contribution in [0.4, 0.5) is 5.69 Å². The highest BCUT2D eigenvalue weighted by atomic mass is 16.6. The van der Waals surface area contributed by atoms with E-state index in [9.17, 15) is 9.59 Å². The fourth-order valence-electron chi connectivity index (χ4n) is 4.46. The van der Waals surface area contributed by atoms with Crippen molar-refractivity contribution in [2.75, 3.05) is 18.1 Å². The van der Waals surface area contributed by atoms with Crippen LogP contribution >= 0.6 is 0 Å². The monoisotopic (exact) mass is 355 g/mol. The van der Waals surface area contributed by atoms with Crippen molar-refractivity contribution in [2.45, 2.75) is 44.8 Å². The standard InChI is InChI=1S/C21H25NO4/c1-3-4-7-12-25-20(24)17-16-10-11-21(26-16)13-22(19(23)18(17)21)15-9-6-5-8-14(15)2/h5-6,8-11,16-18H,3-4,7,12-13H2,1-2H3/t16-,17+,18+,21+/m1/s1. The van der Waals surface area contributed by atoms with E-state index >= 15 is 0 Å². The first-order valence-electron chi connectivity index (χ1n) is 9.48. The Morgan fingerprint density at radius 2 is 2.15 bits per heavy atom. The SMILES string of the molecule is CCCCCOC(=O)[C@@H]1[C@H]2C(=O)N(c3ccccc3C)C[C@@]23C=C[C@H]1O3. The summed E-state index contributed by atoms with van der Waals surface area (Å²) in [5.41, 5.74) is 1.23. The van der Waals surface area contributed by atoms with E-state index in [0.717, 1.165) is 30.5 Å². The maximum absolute atomic E-state index is 13.2. The van der Waals surface area contributed by atoms with Gasteiger partial charge in [0.05, 0.1) is 25.2 Å². The molecule has 138 valence electrons. The summed E-state index contributed by atoms with van der Waals surface area (Å²) in [5, 5.41) is 0. The van der Waals surface area contributed by atoms with Crippen molar-refractivity contribution < 1.29 is 19.1 Å². The number of carbonyl (C=O) groups is 2. The second-order valence-corrected chi connectivity index (χ2v) is 7.49. The number of rotatable bonds is 6. The number of ether oxygens (including phenoxy) is 2. The van der Waals surface area contributed by atoms with Gasteiger partial charge < -0.3 is 14.4 Å². The third-order valence-electron chi connectivity index (χ3n) is 5.77. The first-order chi connectivity index (χ1) is 12.6. The van der Waals surface area contributed by atoms with Crippen LogP contribution in [-0.4, -0.2) is 36.7 Å². The summed E-state index contributed by atoms with van der Waals surface area (Å²) >= 11 is 0. The van der Waals surface area contributed by atoms with Crippen molar-refractivity contribution in [3.05, 3.63) is 42.0 Å². The third-order valence-corrected chi connectivity index (χ3v) is 5.77. The largest absolute Gasteiger partial charge is 0.465 e. The summed E-state index contributed by atoms with van der Waals surface area (Å²) in [4.78, 5) is 27.7. The highest BCUT2D eigenvalue weighted by Gasteiger charge is 2.67. The Morgan fingerprint density at radius 3 is 2.92 bits per heavy atom. The van der Waals surface area contributed by atoms with Crippen LogP contribution in [0.25, 0.3) is 0 Å². The lowest BCUT2D eigenvalue weighted by molar-refractivity contribution is -0.152. The molecule has 3 aliphatic heterocycles. The summed E-state index contributed by atoms with van der Waals surface area (Å²) < 4.78 is 11.6. The lowest BCUT2D eigenvalue weighted by Gasteiger charge is -2.23. The van der Waals surface area contributed by atoms with E-state index in [0.29, 0.717) is 13.2 Å². The topological polar surface area (TPSA) is 55.8 Å². The minimum atomic E-state index is -0.697. The molecule has 5 heteroatoms. The Balaban J connectivity index is 1.56. The predicted molar refractivity (Wildman–Crippen MR) is 97.7 cm³/mol. The van der Waals surface area contributed by atoms with Crippen LogP contribution in [0.2, 0.25) is 0 Å². The molecule has 0 aliphatic carbocycles. The maximum Gasteiger partial charge on any atom is 0.312 e. The van der Waals surface area contributed by atoms with Crippen LogP contribution in [0, 0.1) is 18.8 Å². The fraction of sp³-hybridized carbons (Fsp3) is 0.524.